The van der Waals surface area contributed by atoms with Crippen LogP contribution in [0.1, 0.15) is 5.56 Å². The fourth-order valence-electron chi connectivity index (χ4n) is 1.83. The number of carbonyl (C=O) groups excluding carboxylic acids is 1. The Morgan fingerprint density at radius 2 is 1.91 bits per heavy atom. The van der Waals surface area contributed by atoms with Gasteiger partial charge in [0.05, 0.1) is 20.7 Å². The largest absolute Gasteiger partial charge is 0.477 e. The fourth-order valence-corrected chi connectivity index (χ4v) is 2.32. The molecule has 23 heavy (non-hydrogen) atoms. The van der Waals surface area contributed by atoms with E-state index >= 15 is 0 Å². The highest BCUT2D eigenvalue weighted by Crippen LogP contribution is 2.30. The fraction of sp³-hybridized carbons (Fsp3) is 0.133. The monoisotopic (exact) mass is 354 g/mol. The molecular formula is C15H12Cl2N2O4. The smallest absolute Gasteiger partial charge is 0.311 e. The molecule has 0 atom stereocenters. The van der Waals surface area contributed by atoms with Crippen LogP contribution in [0.25, 0.3) is 0 Å². The Hall–Kier alpha value is -2.31. The van der Waals surface area contributed by atoms with Crippen LogP contribution < -0.4 is 10.1 Å². The molecule has 1 N–H and O–H groups in total. The van der Waals surface area contributed by atoms with E-state index in [-0.39, 0.29) is 27.2 Å². The van der Waals surface area contributed by atoms with Crippen LogP contribution in [0.4, 0.5) is 11.4 Å². The molecule has 0 fully saturated rings. The van der Waals surface area contributed by atoms with Crippen LogP contribution in [0.2, 0.25) is 10.0 Å². The lowest BCUT2D eigenvalue weighted by molar-refractivity contribution is -0.385. The predicted octanol–water partition coefficient (Wildman–Crippen LogP) is 4.23. The number of benzene rings is 2. The van der Waals surface area contributed by atoms with Crippen molar-refractivity contribution in [2.24, 2.45) is 0 Å². The average Bonchev–Trinajstić information content (AvgIpc) is 2.49. The van der Waals surface area contributed by atoms with Gasteiger partial charge in [-0.25, -0.2) is 0 Å². The number of ether oxygens (including phenoxy) is 1. The highest BCUT2D eigenvalue weighted by atomic mass is 35.5. The minimum atomic E-state index is -0.564. The number of hydrogen-bond acceptors (Lipinski definition) is 4. The van der Waals surface area contributed by atoms with Crippen molar-refractivity contribution in [1.29, 1.82) is 0 Å². The molecule has 0 saturated carbocycles. The highest BCUT2D eigenvalue weighted by molar-refractivity contribution is 6.39. The Kier molecular flexibility index (Phi) is 5.41. The summed E-state index contributed by atoms with van der Waals surface area (Å²) < 4.78 is 5.23. The molecule has 0 aliphatic rings. The topological polar surface area (TPSA) is 81.5 Å². The van der Waals surface area contributed by atoms with Crippen LogP contribution in [0, 0.1) is 17.0 Å². The zero-order valence-corrected chi connectivity index (χ0v) is 13.5. The van der Waals surface area contributed by atoms with Gasteiger partial charge in [-0.2, -0.15) is 0 Å². The van der Waals surface area contributed by atoms with Crippen LogP contribution >= 0.6 is 23.2 Å². The van der Waals surface area contributed by atoms with Gasteiger partial charge >= 0.3 is 5.69 Å². The highest BCUT2D eigenvalue weighted by Gasteiger charge is 2.17. The summed E-state index contributed by atoms with van der Waals surface area (Å²) in [6.45, 7) is 1.31. The molecular weight excluding hydrogens is 343 g/mol. The number of nitro groups is 1. The van der Waals surface area contributed by atoms with E-state index in [1.807, 2.05) is 0 Å². The molecule has 1 amide bonds. The van der Waals surface area contributed by atoms with Crippen molar-refractivity contribution in [2.45, 2.75) is 6.92 Å². The van der Waals surface area contributed by atoms with Crippen LogP contribution in [0.15, 0.2) is 36.4 Å². The van der Waals surface area contributed by atoms with Crippen LogP contribution in [-0.2, 0) is 4.79 Å². The molecule has 2 rings (SSSR count). The number of anilines is 1. The first-order chi connectivity index (χ1) is 10.9. The Bertz CT molecular complexity index is 745. The third kappa shape index (κ3) is 4.34. The number of amides is 1. The second-order valence-corrected chi connectivity index (χ2v) is 5.48. The first-order valence-corrected chi connectivity index (χ1v) is 7.26. The van der Waals surface area contributed by atoms with Gasteiger partial charge in [-0.15, -0.1) is 0 Å². The second kappa shape index (κ2) is 7.30. The number of hydrogen-bond donors (Lipinski definition) is 1. The normalized spacial score (nSPS) is 10.2. The van der Waals surface area contributed by atoms with Gasteiger partial charge in [0.1, 0.15) is 0 Å². The van der Waals surface area contributed by atoms with Gasteiger partial charge < -0.3 is 10.1 Å². The quantitative estimate of drug-likeness (QED) is 0.643. The van der Waals surface area contributed by atoms with Crippen molar-refractivity contribution in [2.75, 3.05) is 11.9 Å². The summed E-state index contributed by atoms with van der Waals surface area (Å²) in [6, 6.07) is 9.28. The van der Waals surface area contributed by atoms with E-state index in [1.54, 1.807) is 31.2 Å². The molecule has 0 aliphatic carbocycles. The molecule has 6 nitrogen and oxygen atoms in total. The summed E-state index contributed by atoms with van der Waals surface area (Å²) in [4.78, 5) is 22.3. The number of carbonyl (C=O) groups is 1. The number of para-hydroxylation sites is 1. The van der Waals surface area contributed by atoms with E-state index in [0.29, 0.717) is 0 Å². The van der Waals surface area contributed by atoms with Crippen LogP contribution in [0.5, 0.6) is 5.75 Å². The Labute approximate surface area is 142 Å². The molecule has 0 unspecified atom stereocenters. The summed E-state index contributed by atoms with van der Waals surface area (Å²) in [5, 5.41) is 14.1. The minimum absolute atomic E-state index is 0.0148. The lowest BCUT2D eigenvalue weighted by atomic mass is 10.2. The van der Waals surface area contributed by atoms with Gasteiger partial charge in [0.2, 0.25) is 0 Å². The molecule has 0 aliphatic heterocycles. The summed E-state index contributed by atoms with van der Waals surface area (Å²) in [6.07, 6.45) is 0. The standard InChI is InChI=1S/C15H12Cl2N2O4/c1-9-5-6-13(12(7-9)19(21)22)23-8-14(20)18-15-10(16)3-2-4-11(15)17/h2-7H,8H2,1H3,(H,18,20). The van der Waals surface area contributed by atoms with Crippen LogP contribution in [0.3, 0.4) is 0 Å². The van der Waals surface area contributed by atoms with Crippen LogP contribution in [-0.4, -0.2) is 17.4 Å². The second-order valence-electron chi connectivity index (χ2n) is 4.66. The number of halogens is 2. The maximum Gasteiger partial charge on any atom is 0.311 e. The number of aryl methyl sites for hydroxylation is 1. The third-order valence-corrected chi connectivity index (χ3v) is 3.53. The third-order valence-electron chi connectivity index (χ3n) is 2.90. The van der Waals surface area contributed by atoms with E-state index in [9.17, 15) is 14.9 Å². The molecule has 0 aromatic heterocycles. The van der Waals surface area contributed by atoms with E-state index in [4.69, 9.17) is 27.9 Å². The number of nitrogens with zero attached hydrogens (tertiary/aromatic N) is 1. The Balaban J connectivity index is 2.07. The molecule has 2 aromatic carbocycles. The first kappa shape index (κ1) is 17.1. The lowest BCUT2D eigenvalue weighted by Gasteiger charge is -2.10. The summed E-state index contributed by atoms with van der Waals surface area (Å²) >= 11 is 11.9. The maximum atomic E-state index is 11.9. The number of nitro benzene ring substituents is 1. The number of nitrogens with one attached hydrogen (secondary N) is 1. The number of rotatable bonds is 5. The van der Waals surface area contributed by atoms with Gasteiger partial charge in [0.25, 0.3) is 5.91 Å². The van der Waals surface area contributed by atoms with Crippen molar-refractivity contribution < 1.29 is 14.5 Å². The van der Waals surface area contributed by atoms with Crippen molar-refractivity contribution in [3.8, 4) is 5.75 Å². The zero-order valence-electron chi connectivity index (χ0n) is 12.0. The molecule has 0 heterocycles. The summed E-state index contributed by atoms with van der Waals surface area (Å²) in [5.41, 5.74) is 0.785. The van der Waals surface area contributed by atoms with Crippen molar-refractivity contribution in [3.05, 3.63) is 62.1 Å². The summed E-state index contributed by atoms with van der Waals surface area (Å²) in [7, 11) is 0. The van der Waals surface area contributed by atoms with Gasteiger partial charge in [0.15, 0.2) is 12.4 Å². The molecule has 0 saturated heterocycles. The molecule has 0 spiro atoms. The molecule has 0 bridgehead atoms. The Morgan fingerprint density at radius 3 is 2.52 bits per heavy atom. The average molecular weight is 355 g/mol. The van der Waals surface area contributed by atoms with Crippen molar-refractivity contribution in [1.82, 2.24) is 0 Å². The first-order valence-electron chi connectivity index (χ1n) is 6.50. The van der Waals surface area contributed by atoms with Gasteiger partial charge in [-0.05, 0) is 30.7 Å². The molecule has 120 valence electrons. The molecule has 8 heteroatoms. The molecule has 2 aromatic rings. The van der Waals surface area contributed by atoms with E-state index in [0.717, 1.165) is 5.56 Å². The predicted molar refractivity (Wildman–Crippen MR) is 88.4 cm³/mol. The van der Waals surface area contributed by atoms with Crippen molar-refractivity contribution >= 4 is 40.5 Å². The SMILES string of the molecule is Cc1ccc(OCC(=O)Nc2c(Cl)cccc2Cl)c([N+](=O)[O-])c1. The van der Waals surface area contributed by atoms with Gasteiger partial charge in [0, 0.05) is 6.07 Å². The van der Waals surface area contributed by atoms with Gasteiger partial charge in [-0.1, -0.05) is 35.3 Å². The molecule has 0 radical (unpaired) electrons. The van der Waals surface area contributed by atoms with E-state index in [2.05, 4.69) is 5.32 Å². The maximum absolute atomic E-state index is 11.9. The minimum Gasteiger partial charge on any atom is -0.477 e. The lowest BCUT2D eigenvalue weighted by Crippen LogP contribution is -2.20. The van der Waals surface area contributed by atoms with Gasteiger partial charge in [-0.3, -0.25) is 14.9 Å². The van der Waals surface area contributed by atoms with E-state index < -0.39 is 17.4 Å². The van der Waals surface area contributed by atoms with Crippen molar-refractivity contribution in [3.63, 3.8) is 0 Å². The summed E-state index contributed by atoms with van der Waals surface area (Å²) in [5.74, 6) is -0.518. The Morgan fingerprint density at radius 1 is 1.26 bits per heavy atom. The zero-order chi connectivity index (χ0) is 17.0. The van der Waals surface area contributed by atoms with E-state index in [1.165, 1.54) is 12.1 Å².